The summed E-state index contributed by atoms with van der Waals surface area (Å²) >= 11 is 0. The number of halogens is 2. The van der Waals surface area contributed by atoms with Crippen LogP contribution in [0.15, 0.2) is 0 Å². The fourth-order valence-electron chi connectivity index (χ4n) is 5.68. The number of piperidine rings is 2. The largest absolute Gasteiger partial charge is 0.368 e. The van der Waals surface area contributed by atoms with Crippen molar-refractivity contribution >= 4 is 29.5 Å². The van der Waals surface area contributed by atoms with Crippen molar-refractivity contribution < 1.29 is 32.8 Å². The molecule has 5 N–H and O–H groups in total. The molecule has 0 bridgehead atoms. The Morgan fingerprint density at radius 2 is 1.83 bits per heavy atom. The van der Waals surface area contributed by atoms with Gasteiger partial charge in [0.05, 0.1) is 0 Å². The summed E-state index contributed by atoms with van der Waals surface area (Å²) in [5.41, 5.74) is 4.39. The van der Waals surface area contributed by atoms with Crippen LogP contribution < -0.4 is 21.7 Å². The molecule has 0 aromatic heterocycles. The maximum absolute atomic E-state index is 13.6. The van der Waals surface area contributed by atoms with Gasteiger partial charge in [0, 0.05) is 19.0 Å². The topological polar surface area (TPSA) is 151 Å². The van der Waals surface area contributed by atoms with Gasteiger partial charge in [-0.2, -0.15) is 8.78 Å². The SMILES string of the molecule is CC(C)(C)[C@H](NC(=O)C(F)F)C(=O)N1C[C@H]2[C@@H]([C@H]1C(=O)N[C@@H](C[C@@H]1CCCNC1=O)C(N)=O)C2(C)C. The highest BCUT2D eigenvalue weighted by molar-refractivity contribution is 5.96. The second kappa shape index (κ2) is 9.93. The van der Waals surface area contributed by atoms with Gasteiger partial charge < -0.3 is 26.6 Å². The lowest BCUT2D eigenvalue weighted by Gasteiger charge is -2.38. The number of likely N-dealkylation sites (tertiary alicyclic amines) is 1. The number of primary amides is 1. The monoisotopic (exact) mass is 513 g/mol. The molecule has 3 fully saturated rings. The lowest BCUT2D eigenvalue weighted by molar-refractivity contribution is -0.147. The molecule has 1 aliphatic carbocycles. The van der Waals surface area contributed by atoms with Gasteiger partial charge in [-0.05, 0) is 41.9 Å². The van der Waals surface area contributed by atoms with Crippen LogP contribution in [-0.4, -0.2) is 72.1 Å². The number of alkyl halides is 2. The second-order valence-corrected chi connectivity index (χ2v) is 11.8. The van der Waals surface area contributed by atoms with E-state index < -0.39 is 59.5 Å². The molecule has 5 amide bonds. The molecule has 3 aliphatic rings. The van der Waals surface area contributed by atoms with Crippen LogP contribution >= 0.6 is 0 Å². The van der Waals surface area contributed by atoms with Gasteiger partial charge in [0.2, 0.25) is 23.6 Å². The molecule has 0 aromatic rings. The van der Waals surface area contributed by atoms with Crippen molar-refractivity contribution in [1.29, 1.82) is 0 Å². The fourth-order valence-corrected chi connectivity index (χ4v) is 5.68. The minimum Gasteiger partial charge on any atom is -0.368 e. The number of rotatable bonds is 8. The molecule has 12 heteroatoms. The van der Waals surface area contributed by atoms with Crippen LogP contribution in [0, 0.1) is 28.6 Å². The van der Waals surface area contributed by atoms with Crippen molar-refractivity contribution in [1.82, 2.24) is 20.9 Å². The first-order valence-electron chi connectivity index (χ1n) is 12.3. The van der Waals surface area contributed by atoms with Crippen LogP contribution in [0.3, 0.4) is 0 Å². The Morgan fingerprint density at radius 1 is 1.19 bits per heavy atom. The minimum absolute atomic E-state index is 0.000214. The summed E-state index contributed by atoms with van der Waals surface area (Å²) in [6.07, 6.45) is -1.94. The Kier molecular flexibility index (Phi) is 7.67. The number of nitrogens with two attached hydrogens (primary N) is 1. The maximum Gasteiger partial charge on any atom is 0.315 e. The summed E-state index contributed by atoms with van der Waals surface area (Å²) in [5, 5.41) is 7.52. The molecule has 0 aromatic carbocycles. The molecule has 1 saturated carbocycles. The molecule has 0 unspecified atom stereocenters. The van der Waals surface area contributed by atoms with E-state index >= 15 is 0 Å². The quantitative estimate of drug-likeness (QED) is 0.364. The second-order valence-electron chi connectivity index (χ2n) is 11.8. The summed E-state index contributed by atoms with van der Waals surface area (Å²) < 4.78 is 25.9. The van der Waals surface area contributed by atoms with E-state index in [2.05, 4.69) is 16.0 Å². The van der Waals surface area contributed by atoms with Gasteiger partial charge in [-0.15, -0.1) is 0 Å². The number of carbonyl (C=O) groups is 5. The Hall–Kier alpha value is -2.79. The standard InChI is InChI=1S/C24H37F2N5O5/c1-23(2,3)16(30-21(35)17(25)26)22(36)31-10-12-14(24(12,4)5)15(31)20(34)29-13(18(27)32)9-11-7-6-8-28-19(11)33/h11-17H,6-10H2,1-5H3,(H2,27,32)(H,28,33)(H,29,34)(H,30,35)/t11-,12-,13-,14-,15-,16+/m0/s1. The Balaban J connectivity index is 1.82. The number of nitrogens with one attached hydrogen (secondary N) is 3. The van der Waals surface area contributed by atoms with Crippen molar-refractivity contribution in [3.63, 3.8) is 0 Å². The number of hydrogen-bond acceptors (Lipinski definition) is 5. The molecule has 2 saturated heterocycles. The zero-order valence-corrected chi connectivity index (χ0v) is 21.4. The summed E-state index contributed by atoms with van der Waals surface area (Å²) in [6.45, 7) is 9.63. The zero-order valence-electron chi connectivity index (χ0n) is 21.4. The molecule has 2 heterocycles. The average Bonchev–Trinajstić information content (AvgIpc) is 3.09. The Morgan fingerprint density at radius 3 is 2.36 bits per heavy atom. The third-order valence-electron chi connectivity index (χ3n) is 7.94. The number of carbonyl (C=O) groups excluding carboxylic acids is 5. The van der Waals surface area contributed by atoms with Crippen LogP contribution in [0.1, 0.15) is 53.9 Å². The fraction of sp³-hybridized carbons (Fsp3) is 0.792. The highest BCUT2D eigenvalue weighted by Gasteiger charge is 2.69. The van der Waals surface area contributed by atoms with Crippen LogP contribution in [0.2, 0.25) is 0 Å². The van der Waals surface area contributed by atoms with Crippen molar-refractivity contribution in [3.8, 4) is 0 Å². The van der Waals surface area contributed by atoms with Gasteiger partial charge in [0.25, 0.3) is 5.91 Å². The smallest absolute Gasteiger partial charge is 0.315 e. The maximum atomic E-state index is 13.6. The van der Waals surface area contributed by atoms with Crippen molar-refractivity contribution in [2.24, 2.45) is 34.3 Å². The lowest BCUT2D eigenvalue weighted by Crippen LogP contribution is -2.61. The van der Waals surface area contributed by atoms with Crippen LogP contribution in [0.5, 0.6) is 0 Å². The predicted octanol–water partition coefficient (Wildman–Crippen LogP) is 0.152. The highest BCUT2D eigenvalue weighted by Crippen LogP contribution is 2.65. The molecular weight excluding hydrogens is 476 g/mol. The van der Waals surface area contributed by atoms with E-state index in [0.29, 0.717) is 13.0 Å². The van der Waals surface area contributed by atoms with E-state index in [-0.39, 0.29) is 36.1 Å². The van der Waals surface area contributed by atoms with E-state index in [4.69, 9.17) is 5.73 Å². The molecule has 10 nitrogen and oxygen atoms in total. The first-order chi connectivity index (χ1) is 16.6. The molecule has 6 atom stereocenters. The molecule has 3 rings (SSSR count). The third-order valence-corrected chi connectivity index (χ3v) is 7.94. The van der Waals surface area contributed by atoms with Gasteiger partial charge in [-0.3, -0.25) is 24.0 Å². The highest BCUT2D eigenvalue weighted by atomic mass is 19.3. The van der Waals surface area contributed by atoms with Crippen molar-refractivity contribution in [2.75, 3.05) is 13.1 Å². The average molecular weight is 514 g/mol. The molecule has 202 valence electrons. The van der Waals surface area contributed by atoms with Gasteiger partial charge in [-0.25, -0.2) is 0 Å². The number of amides is 5. The van der Waals surface area contributed by atoms with E-state index in [9.17, 15) is 32.8 Å². The zero-order chi connectivity index (χ0) is 27.2. The van der Waals surface area contributed by atoms with E-state index in [1.807, 2.05) is 13.8 Å². The third kappa shape index (κ3) is 5.46. The van der Waals surface area contributed by atoms with E-state index in [1.165, 1.54) is 4.90 Å². The summed E-state index contributed by atoms with van der Waals surface area (Å²) in [4.78, 5) is 64.5. The summed E-state index contributed by atoms with van der Waals surface area (Å²) in [5.74, 6) is -4.46. The van der Waals surface area contributed by atoms with Gasteiger partial charge in [-0.1, -0.05) is 34.6 Å². The summed E-state index contributed by atoms with van der Waals surface area (Å²) in [7, 11) is 0. The lowest BCUT2D eigenvalue weighted by atomic mass is 9.85. The van der Waals surface area contributed by atoms with E-state index in [1.54, 1.807) is 20.8 Å². The number of hydrogen-bond donors (Lipinski definition) is 4. The van der Waals surface area contributed by atoms with Gasteiger partial charge in [0.15, 0.2) is 0 Å². The minimum atomic E-state index is -3.29. The molecule has 0 radical (unpaired) electrons. The normalized spacial score (nSPS) is 28.6. The van der Waals surface area contributed by atoms with Crippen LogP contribution in [-0.2, 0) is 24.0 Å². The molecule has 2 aliphatic heterocycles. The Bertz CT molecular complexity index is 934. The number of nitrogens with zero attached hydrogens (tertiary/aromatic N) is 1. The van der Waals surface area contributed by atoms with Crippen LogP contribution in [0.4, 0.5) is 8.78 Å². The van der Waals surface area contributed by atoms with Crippen LogP contribution in [0.25, 0.3) is 0 Å². The van der Waals surface area contributed by atoms with Gasteiger partial charge in [0.1, 0.15) is 18.1 Å². The predicted molar refractivity (Wildman–Crippen MR) is 125 cm³/mol. The van der Waals surface area contributed by atoms with E-state index in [0.717, 1.165) is 6.42 Å². The Labute approximate surface area is 209 Å². The number of fused-ring (bicyclic) bond motifs is 1. The first kappa shape index (κ1) is 27.8. The molecule has 0 spiro atoms. The van der Waals surface area contributed by atoms with Crippen molar-refractivity contribution in [2.45, 2.75) is 78.4 Å². The van der Waals surface area contributed by atoms with Gasteiger partial charge >= 0.3 is 6.43 Å². The summed E-state index contributed by atoms with van der Waals surface area (Å²) in [6, 6.07) is -3.36. The first-order valence-corrected chi connectivity index (χ1v) is 12.3. The molecule has 36 heavy (non-hydrogen) atoms. The van der Waals surface area contributed by atoms with Crippen molar-refractivity contribution in [3.05, 3.63) is 0 Å². The molecular formula is C24H37F2N5O5.